The third-order valence-electron chi connectivity index (χ3n) is 2.95. The van der Waals surface area contributed by atoms with Gasteiger partial charge in [0.1, 0.15) is 11.4 Å². The number of methoxy groups -OCH3 is 1. The molecule has 88 valence electrons. The van der Waals surface area contributed by atoms with Crippen LogP contribution in [0.2, 0.25) is 0 Å². The van der Waals surface area contributed by atoms with E-state index in [9.17, 15) is 0 Å². The molecule has 1 aliphatic heterocycles. The van der Waals surface area contributed by atoms with Gasteiger partial charge in [-0.3, -0.25) is 0 Å². The molecule has 3 nitrogen and oxygen atoms in total. The molecule has 1 atom stereocenters. The molecule has 1 aromatic carbocycles. The lowest BCUT2D eigenvalue weighted by Gasteiger charge is -2.28. The van der Waals surface area contributed by atoms with E-state index in [4.69, 9.17) is 4.74 Å². The van der Waals surface area contributed by atoms with E-state index < -0.39 is 0 Å². The second-order valence-corrected chi connectivity index (χ2v) is 4.96. The minimum absolute atomic E-state index is 0.342. The molecule has 4 heteroatoms. The minimum Gasteiger partial charge on any atom is -0.495 e. The zero-order chi connectivity index (χ0) is 11.7. The number of hydrogen-bond acceptors (Lipinski definition) is 4. The van der Waals surface area contributed by atoms with Gasteiger partial charge in [-0.2, -0.15) is 0 Å². The second kappa shape index (κ2) is 4.30. The van der Waals surface area contributed by atoms with Gasteiger partial charge in [-0.05, 0) is 23.6 Å². The van der Waals surface area contributed by atoms with E-state index in [-0.39, 0.29) is 0 Å². The Morgan fingerprint density at radius 2 is 2.24 bits per heavy atom. The highest BCUT2D eigenvalue weighted by Crippen LogP contribution is 2.38. The summed E-state index contributed by atoms with van der Waals surface area (Å²) in [5.74, 6) is 0.889. The van der Waals surface area contributed by atoms with Gasteiger partial charge in [-0.25, -0.2) is 0 Å². The van der Waals surface area contributed by atoms with Gasteiger partial charge < -0.3 is 15.4 Å². The Morgan fingerprint density at radius 3 is 3.00 bits per heavy atom. The van der Waals surface area contributed by atoms with Crippen LogP contribution in [0.4, 0.5) is 11.4 Å². The normalized spacial score (nSPS) is 17.8. The molecule has 1 unspecified atom stereocenters. The monoisotopic (exact) mass is 246 g/mol. The van der Waals surface area contributed by atoms with Crippen LogP contribution in [0.3, 0.4) is 0 Å². The predicted octanol–water partition coefficient (Wildman–Crippen LogP) is 3.34. The van der Waals surface area contributed by atoms with Gasteiger partial charge in [0.25, 0.3) is 0 Å². The fourth-order valence-corrected chi connectivity index (χ4v) is 2.89. The van der Waals surface area contributed by atoms with Crippen molar-refractivity contribution in [2.24, 2.45) is 0 Å². The highest BCUT2D eigenvalue weighted by molar-refractivity contribution is 7.10. The lowest BCUT2D eigenvalue weighted by atomic mass is 10.1. The molecular weight excluding hydrogens is 232 g/mol. The van der Waals surface area contributed by atoms with Crippen LogP contribution in [0.5, 0.6) is 5.75 Å². The molecule has 2 N–H and O–H groups in total. The first kappa shape index (κ1) is 10.5. The molecule has 1 aliphatic rings. The van der Waals surface area contributed by atoms with E-state index in [1.807, 2.05) is 12.1 Å². The molecule has 0 saturated heterocycles. The molecule has 2 heterocycles. The summed E-state index contributed by atoms with van der Waals surface area (Å²) in [7, 11) is 1.70. The van der Waals surface area contributed by atoms with Crippen LogP contribution in [-0.2, 0) is 0 Å². The number of fused-ring (bicyclic) bond motifs is 1. The van der Waals surface area contributed by atoms with E-state index in [1.54, 1.807) is 18.4 Å². The topological polar surface area (TPSA) is 33.3 Å². The van der Waals surface area contributed by atoms with E-state index in [0.29, 0.717) is 6.04 Å². The summed E-state index contributed by atoms with van der Waals surface area (Å²) in [5, 5.41) is 9.09. The average Bonchev–Trinajstić information content (AvgIpc) is 2.91. The Labute approximate surface area is 104 Å². The SMILES string of the molecule is COc1cccc2c1NCC(c1cccs1)N2. The summed E-state index contributed by atoms with van der Waals surface area (Å²) in [5.41, 5.74) is 2.16. The Hall–Kier alpha value is -1.68. The van der Waals surface area contributed by atoms with Crippen LogP contribution in [-0.4, -0.2) is 13.7 Å². The lowest BCUT2D eigenvalue weighted by Crippen LogP contribution is -2.25. The van der Waals surface area contributed by atoms with Crippen molar-refractivity contribution in [1.29, 1.82) is 0 Å². The summed E-state index contributed by atoms with van der Waals surface area (Å²) < 4.78 is 5.34. The fourth-order valence-electron chi connectivity index (χ4n) is 2.11. The zero-order valence-electron chi connectivity index (χ0n) is 9.57. The van der Waals surface area contributed by atoms with Crippen molar-refractivity contribution in [3.63, 3.8) is 0 Å². The maximum absolute atomic E-state index is 5.34. The van der Waals surface area contributed by atoms with Gasteiger partial charge in [0.2, 0.25) is 0 Å². The predicted molar refractivity (Wildman–Crippen MR) is 72.2 cm³/mol. The smallest absolute Gasteiger partial charge is 0.144 e. The molecule has 3 rings (SSSR count). The first-order valence-corrected chi connectivity index (χ1v) is 6.47. The molecule has 0 radical (unpaired) electrons. The van der Waals surface area contributed by atoms with Crippen LogP contribution >= 0.6 is 11.3 Å². The summed E-state index contributed by atoms with van der Waals surface area (Å²) in [6.07, 6.45) is 0. The first-order valence-electron chi connectivity index (χ1n) is 5.59. The number of thiophene rings is 1. The average molecular weight is 246 g/mol. The largest absolute Gasteiger partial charge is 0.495 e. The molecule has 0 amide bonds. The van der Waals surface area contributed by atoms with Crippen molar-refractivity contribution in [3.05, 3.63) is 40.6 Å². The number of ether oxygens (including phenoxy) is 1. The van der Waals surface area contributed by atoms with Crippen molar-refractivity contribution in [2.45, 2.75) is 6.04 Å². The van der Waals surface area contributed by atoms with Gasteiger partial charge in [0, 0.05) is 11.4 Å². The number of para-hydroxylation sites is 1. The van der Waals surface area contributed by atoms with E-state index in [0.717, 1.165) is 23.7 Å². The molecular formula is C13H14N2OS. The molecule has 0 aliphatic carbocycles. The van der Waals surface area contributed by atoms with E-state index in [1.165, 1.54) is 4.88 Å². The van der Waals surface area contributed by atoms with Crippen LogP contribution in [0.1, 0.15) is 10.9 Å². The number of anilines is 2. The standard InChI is InChI=1S/C13H14N2OS/c1-16-11-5-2-4-9-13(11)14-8-10(15-9)12-6-3-7-17-12/h2-7,10,14-15H,8H2,1H3. The maximum atomic E-state index is 5.34. The van der Waals surface area contributed by atoms with Crippen molar-refractivity contribution < 1.29 is 4.74 Å². The van der Waals surface area contributed by atoms with Crippen molar-refractivity contribution >= 4 is 22.7 Å². The molecule has 0 bridgehead atoms. The van der Waals surface area contributed by atoms with E-state index in [2.05, 4.69) is 34.2 Å². The number of nitrogens with one attached hydrogen (secondary N) is 2. The molecule has 0 fully saturated rings. The number of benzene rings is 1. The molecule has 2 aromatic rings. The number of hydrogen-bond donors (Lipinski definition) is 2. The Bertz CT molecular complexity index is 510. The third-order valence-corrected chi connectivity index (χ3v) is 3.93. The van der Waals surface area contributed by atoms with Gasteiger partial charge in [0.15, 0.2) is 0 Å². The first-order chi connectivity index (χ1) is 8.38. The zero-order valence-corrected chi connectivity index (χ0v) is 10.4. The van der Waals surface area contributed by atoms with Crippen molar-refractivity contribution in [3.8, 4) is 5.75 Å². The summed E-state index contributed by atoms with van der Waals surface area (Å²) >= 11 is 1.78. The molecule has 0 saturated carbocycles. The summed E-state index contributed by atoms with van der Waals surface area (Å²) in [6.45, 7) is 0.883. The minimum atomic E-state index is 0.342. The maximum Gasteiger partial charge on any atom is 0.144 e. The van der Waals surface area contributed by atoms with Crippen LogP contribution < -0.4 is 15.4 Å². The van der Waals surface area contributed by atoms with Crippen molar-refractivity contribution in [2.75, 3.05) is 24.3 Å². The van der Waals surface area contributed by atoms with Gasteiger partial charge in [-0.1, -0.05) is 12.1 Å². The third kappa shape index (κ3) is 1.85. The van der Waals surface area contributed by atoms with Crippen LogP contribution in [0.15, 0.2) is 35.7 Å². The highest BCUT2D eigenvalue weighted by Gasteiger charge is 2.21. The highest BCUT2D eigenvalue weighted by atomic mass is 32.1. The van der Waals surface area contributed by atoms with Gasteiger partial charge >= 0.3 is 0 Å². The van der Waals surface area contributed by atoms with Crippen LogP contribution in [0, 0.1) is 0 Å². The second-order valence-electron chi connectivity index (χ2n) is 3.98. The number of rotatable bonds is 2. The fraction of sp³-hybridized carbons (Fsp3) is 0.231. The Balaban J connectivity index is 1.91. The quantitative estimate of drug-likeness (QED) is 0.852. The van der Waals surface area contributed by atoms with Gasteiger partial charge in [0.05, 0.1) is 18.8 Å². The van der Waals surface area contributed by atoms with Crippen LogP contribution in [0.25, 0.3) is 0 Å². The Morgan fingerprint density at radius 1 is 1.29 bits per heavy atom. The lowest BCUT2D eigenvalue weighted by molar-refractivity contribution is 0.416. The summed E-state index contributed by atoms with van der Waals surface area (Å²) in [4.78, 5) is 1.35. The van der Waals surface area contributed by atoms with E-state index >= 15 is 0 Å². The molecule has 1 aromatic heterocycles. The molecule has 17 heavy (non-hydrogen) atoms. The molecule has 0 spiro atoms. The van der Waals surface area contributed by atoms with Crippen molar-refractivity contribution in [1.82, 2.24) is 0 Å². The van der Waals surface area contributed by atoms with Gasteiger partial charge in [-0.15, -0.1) is 11.3 Å². The summed E-state index contributed by atoms with van der Waals surface area (Å²) in [6, 6.07) is 10.6. The Kier molecular flexibility index (Phi) is 2.65.